The molecule has 20 heavy (non-hydrogen) atoms. The first-order chi connectivity index (χ1) is 9.38. The van der Waals surface area contributed by atoms with Gasteiger partial charge in [0, 0.05) is 11.8 Å². The van der Waals surface area contributed by atoms with Crippen LogP contribution in [-0.2, 0) is 10.0 Å². The van der Waals surface area contributed by atoms with Gasteiger partial charge in [-0.15, -0.1) is 0 Å². The molecule has 8 heteroatoms. The second kappa shape index (κ2) is 5.68. The van der Waals surface area contributed by atoms with Gasteiger partial charge in [-0.3, -0.25) is 4.79 Å². The van der Waals surface area contributed by atoms with Gasteiger partial charge in [0.1, 0.15) is 10.4 Å². The highest BCUT2D eigenvalue weighted by molar-refractivity contribution is 9.10. The maximum atomic E-state index is 12.8. The summed E-state index contributed by atoms with van der Waals surface area (Å²) < 4.78 is 38.9. The average molecular weight is 359 g/mol. The summed E-state index contributed by atoms with van der Waals surface area (Å²) in [6.07, 6.45) is 1.36. The fraction of sp³-hybridized carbons (Fsp3) is 0. The Bertz CT molecular complexity index is 748. The first kappa shape index (κ1) is 14.6. The zero-order chi connectivity index (χ0) is 14.8. The van der Waals surface area contributed by atoms with Crippen LogP contribution >= 0.6 is 15.9 Å². The molecule has 0 radical (unpaired) electrons. The molecule has 0 spiro atoms. The molecule has 1 amide bonds. The van der Waals surface area contributed by atoms with Gasteiger partial charge in [0.05, 0.1) is 4.90 Å². The number of halogens is 2. The molecular weight excluding hydrogens is 351 g/mol. The van der Waals surface area contributed by atoms with Crippen molar-refractivity contribution in [1.82, 2.24) is 9.71 Å². The number of amides is 1. The van der Waals surface area contributed by atoms with Gasteiger partial charge in [-0.1, -0.05) is 0 Å². The van der Waals surface area contributed by atoms with E-state index in [0.717, 1.165) is 24.3 Å². The molecule has 5 nitrogen and oxygen atoms in total. The molecule has 2 aromatic rings. The van der Waals surface area contributed by atoms with Crippen molar-refractivity contribution in [2.45, 2.75) is 4.90 Å². The molecule has 0 fully saturated rings. The topological polar surface area (TPSA) is 76.1 Å². The third-order valence-electron chi connectivity index (χ3n) is 2.34. The Morgan fingerprint density at radius 2 is 1.85 bits per heavy atom. The van der Waals surface area contributed by atoms with Crippen LogP contribution in [0.5, 0.6) is 0 Å². The van der Waals surface area contributed by atoms with E-state index >= 15 is 0 Å². The lowest BCUT2D eigenvalue weighted by Gasteiger charge is -2.07. The van der Waals surface area contributed by atoms with Crippen LogP contribution in [0.3, 0.4) is 0 Å². The van der Waals surface area contributed by atoms with E-state index in [1.165, 1.54) is 18.3 Å². The highest BCUT2D eigenvalue weighted by Gasteiger charge is 2.18. The Labute approximate surface area is 123 Å². The number of benzene rings is 1. The molecule has 0 saturated carbocycles. The molecule has 0 saturated heterocycles. The van der Waals surface area contributed by atoms with Crippen molar-refractivity contribution in [3.63, 3.8) is 0 Å². The van der Waals surface area contributed by atoms with E-state index in [9.17, 15) is 17.6 Å². The highest BCUT2D eigenvalue weighted by Crippen LogP contribution is 2.12. The minimum Gasteiger partial charge on any atom is -0.268 e. The molecule has 1 heterocycles. The summed E-state index contributed by atoms with van der Waals surface area (Å²) in [5.41, 5.74) is 0.137. The summed E-state index contributed by atoms with van der Waals surface area (Å²) in [4.78, 5) is 15.5. The van der Waals surface area contributed by atoms with Crippen LogP contribution in [0.1, 0.15) is 10.4 Å². The Morgan fingerprint density at radius 3 is 2.45 bits per heavy atom. The molecule has 0 atom stereocenters. The number of hydrogen-bond donors (Lipinski definition) is 1. The summed E-state index contributed by atoms with van der Waals surface area (Å²) >= 11 is 3.08. The molecule has 1 aromatic carbocycles. The van der Waals surface area contributed by atoms with Gasteiger partial charge in [0.15, 0.2) is 0 Å². The van der Waals surface area contributed by atoms with Crippen LogP contribution in [0.25, 0.3) is 0 Å². The number of hydrogen-bond acceptors (Lipinski definition) is 4. The maximum Gasteiger partial charge on any atom is 0.265 e. The summed E-state index contributed by atoms with van der Waals surface area (Å²) in [6, 6.07) is 6.92. The predicted octanol–water partition coefficient (Wildman–Crippen LogP) is 2.10. The summed E-state index contributed by atoms with van der Waals surface area (Å²) in [6.45, 7) is 0. The first-order valence-electron chi connectivity index (χ1n) is 5.33. The van der Waals surface area contributed by atoms with E-state index in [1.54, 1.807) is 0 Å². The average Bonchev–Trinajstić information content (AvgIpc) is 2.38. The number of carbonyl (C=O) groups is 1. The standard InChI is InChI=1S/C12H8BrFN2O3S/c13-11-7-8(5-6-15-11)12(17)16-20(18,19)10-3-1-9(14)2-4-10/h1-7H,(H,16,17). The Balaban J connectivity index is 2.24. The molecule has 104 valence electrons. The van der Waals surface area contributed by atoms with Gasteiger partial charge in [-0.2, -0.15) is 0 Å². The molecule has 0 bridgehead atoms. The molecule has 2 rings (SSSR count). The van der Waals surface area contributed by atoms with Crippen molar-refractivity contribution in [2.75, 3.05) is 0 Å². The quantitative estimate of drug-likeness (QED) is 0.852. The van der Waals surface area contributed by atoms with Crippen molar-refractivity contribution in [3.05, 3.63) is 58.6 Å². The van der Waals surface area contributed by atoms with Crippen molar-refractivity contribution >= 4 is 31.9 Å². The number of nitrogens with one attached hydrogen (secondary N) is 1. The molecule has 0 aliphatic heterocycles. The van der Waals surface area contributed by atoms with Crippen LogP contribution in [0.15, 0.2) is 52.1 Å². The van der Waals surface area contributed by atoms with Gasteiger partial charge >= 0.3 is 0 Å². The maximum absolute atomic E-state index is 12.8. The lowest BCUT2D eigenvalue weighted by Crippen LogP contribution is -2.30. The van der Waals surface area contributed by atoms with Crippen LogP contribution in [-0.4, -0.2) is 19.3 Å². The number of aromatic nitrogens is 1. The number of nitrogens with zero attached hydrogens (tertiary/aromatic N) is 1. The third-order valence-corrected chi connectivity index (χ3v) is 4.12. The lowest BCUT2D eigenvalue weighted by atomic mass is 10.3. The van der Waals surface area contributed by atoms with E-state index in [-0.39, 0.29) is 10.5 Å². The van der Waals surface area contributed by atoms with E-state index in [2.05, 4.69) is 20.9 Å². The first-order valence-corrected chi connectivity index (χ1v) is 7.60. The largest absolute Gasteiger partial charge is 0.268 e. The lowest BCUT2D eigenvalue weighted by molar-refractivity contribution is 0.0981. The number of sulfonamides is 1. The number of carbonyl (C=O) groups excluding carboxylic acids is 1. The van der Waals surface area contributed by atoms with Gasteiger partial charge in [-0.25, -0.2) is 22.5 Å². The Morgan fingerprint density at radius 1 is 1.20 bits per heavy atom. The van der Waals surface area contributed by atoms with Gasteiger partial charge in [-0.05, 0) is 52.3 Å². The summed E-state index contributed by atoms with van der Waals surface area (Å²) in [5, 5.41) is 0. The van der Waals surface area contributed by atoms with E-state index in [1.807, 2.05) is 4.72 Å². The number of pyridine rings is 1. The summed E-state index contributed by atoms with van der Waals surface area (Å²) in [5.74, 6) is -1.36. The van der Waals surface area contributed by atoms with Crippen LogP contribution in [0, 0.1) is 5.82 Å². The third kappa shape index (κ3) is 3.40. The van der Waals surface area contributed by atoms with Gasteiger partial charge < -0.3 is 0 Å². The van der Waals surface area contributed by atoms with Crippen molar-refractivity contribution < 1.29 is 17.6 Å². The zero-order valence-electron chi connectivity index (χ0n) is 9.88. The van der Waals surface area contributed by atoms with Gasteiger partial charge in [0.2, 0.25) is 0 Å². The molecular formula is C12H8BrFN2O3S. The van der Waals surface area contributed by atoms with Crippen molar-refractivity contribution in [2.24, 2.45) is 0 Å². The smallest absolute Gasteiger partial charge is 0.265 e. The molecule has 1 N–H and O–H groups in total. The number of rotatable bonds is 3. The summed E-state index contributed by atoms with van der Waals surface area (Å²) in [7, 11) is -4.04. The van der Waals surface area contributed by atoms with Crippen LogP contribution < -0.4 is 4.72 Å². The molecule has 0 aliphatic rings. The van der Waals surface area contributed by atoms with Crippen LogP contribution in [0.2, 0.25) is 0 Å². The highest BCUT2D eigenvalue weighted by atomic mass is 79.9. The predicted molar refractivity (Wildman–Crippen MR) is 73.0 cm³/mol. The van der Waals surface area contributed by atoms with E-state index in [0.29, 0.717) is 4.60 Å². The second-order valence-corrected chi connectivity index (χ2v) is 6.25. The minimum absolute atomic E-state index is 0.137. The van der Waals surface area contributed by atoms with Crippen molar-refractivity contribution in [1.29, 1.82) is 0 Å². The zero-order valence-corrected chi connectivity index (χ0v) is 12.3. The minimum atomic E-state index is -4.04. The SMILES string of the molecule is O=C(NS(=O)(=O)c1ccc(F)cc1)c1ccnc(Br)c1. The van der Waals surface area contributed by atoms with Gasteiger partial charge in [0.25, 0.3) is 15.9 Å². The Hall–Kier alpha value is -1.80. The molecule has 0 unspecified atom stereocenters. The fourth-order valence-electron chi connectivity index (χ4n) is 1.40. The normalized spacial score (nSPS) is 11.1. The fourth-order valence-corrected chi connectivity index (χ4v) is 2.74. The second-order valence-electron chi connectivity index (χ2n) is 3.76. The van der Waals surface area contributed by atoms with Crippen LogP contribution in [0.4, 0.5) is 4.39 Å². The molecule has 1 aromatic heterocycles. The van der Waals surface area contributed by atoms with E-state index in [4.69, 9.17) is 0 Å². The van der Waals surface area contributed by atoms with E-state index < -0.39 is 21.7 Å². The van der Waals surface area contributed by atoms with Crippen molar-refractivity contribution in [3.8, 4) is 0 Å². The monoisotopic (exact) mass is 358 g/mol. The molecule has 0 aliphatic carbocycles. The Kier molecular flexibility index (Phi) is 4.15.